The predicted molar refractivity (Wildman–Crippen MR) is 108 cm³/mol. The molecule has 0 bridgehead atoms. The summed E-state index contributed by atoms with van der Waals surface area (Å²) in [5.74, 6) is 0.813. The molecule has 1 atom stereocenters. The fourth-order valence-corrected chi connectivity index (χ4v) is 3.07. The largest absolute Gasteiger partial charge is 0.376 e. The highest BCUT2D eigenvalue weighted by Gasteiger charge is 2.15. The fourth-order valence-electron chi connectivity index (χ4n) is 3.07. The smallest absolute Gasteiger partial charge is 0.250 e. The molecule has 1 unspecified atom stereocenters. The van der Waals surface area contributed by atoms with Crippen LogP contribution in [0.2, 0.25) is 0 Å². The highest BCUT2D eigenvalue weighted by molar-refractivity contribution is 5.79. The standard InChI is InChI=1S/C21H28N4O2/c1-2-22-21(24-15-19-6-5-13-27-19)23-14-17-8-10-18(11-9-17)16-25-12-4-3-7-20(25)26/h3-4,7-12,19H,2,5-6,13-16H2,1H3,(H2,22,23,24). The van der Waals surface area contributed by atoms with Crippen LogP contribution in [0.1, 0.15) is 30.9 Å². The molecule has 2 aromatic rings. The van der Waals surface area contributed by atoms with Gasteiger partial charge in [-0.25, -0.2) is 4.99 Å². The van der Waals surface area contributed by atoms with E-state index in [2.05, 4.69) is 46.8 Å². The van der Waals surface area contributed by atoms with Crippen LogP contribution in [0.4, 0.5) is 0 Å². The summed E-state index contributed by atoms with van der Waals surface area (Å²) in [4.78, 5) is 16.5. The lowest BCUT2D eigenvalue weighted by Crippen LogP contribution is -2.41. The van der Waals surface area contributed by atoms with E-state index in [4.69, 9.17) is 4.74 Å². The Hall–Kier alpha value is -2.60. The molecule has 1 fully saturated rings. The first-order valence-electron chi connectivity index (χ1n) is 9.61. The number of ether oxygens (including phenoxy) is 1. The molecule has 6 nitrogen and oxygen atoms in total. The Bertz CT molecular complexity index is 792. The quantitative estimate of drug-likeness (QED) is 0.580. The number of hydrogen-bond acceptors (Lipinski definition) is 3. The summed E-state index contributed by atoms with van der Waals surface area (Å²) in [7, 11) is 0. The van der Waals surface area contributed by atoms with Crippen LogP contribution >= 0.6 is 0 Å². The molecule has 1 aliphatic heterocycles. The second-order valence-electron chi connectivity index (χ2n) is 6.69. The maximum absolute atomic E-state index is 11.8. The monoisotopic (exact) mass is 368 g/mol. The first-order chi connectivity index (χ1) is 13.2. The summed E-state index contributed by atoms with van der Waals surface area (Å²) in [5.41, 5.74) is 2.24. The van der Waals surface area contributed by atoms with Crippen LogP contribution in [0.3, 0.4) is 0 Å². The van der Waals surface area contributed by atoms with Crippen molar-refractivity contribution in [1.82, 2.24) is 15.2 Å². The molecule has 0 amide bonds. The molecule has 1 saturated heterocycles. The van der Waals surface area contributed by atoms with Crippen LogP contribution in [-0.2, 0) is 17.8 Å². The lowest BCUT2D eigenvalue weighted by Gasteiger charge is -2.14. The second-order valence-corrected chi connectivity index (χ2v) is 6.69. The molecule has 0 saturated carbocycles. The normalized spacial score (nSPS) is 17.1. The molecule has 27 heavy (non-hydrogen) atoms. The Morgan fingerprint density at radius 2 is 2.00 bits per heavy atom. The number of nitrogens with one attached hydrogen (secondary N) is 2. The molecule has 2 N–H and O–H groups in total. The van der Waals surface area contributed by atoms with Gasteiger partial charge >= 0.3 is 0 Å². The van der Waals surface area contributed by atoms with Gasteiger partial charge < -0.3 is 19.9 Å². The number of hydrogen-bond donors (Lipinski definition) is 2. The molecule has 0 spiro atoms. The maximum atomic E-state index is 11.8. The van der Waals surface area contributed by atoms with Crippen LogP contribution in [0, 0.1) is 0 Å². The minimum atomic E-state index is 0.0128. The minimum absolute atomic E-state index is 0.0128. The van der Waals surface area contributed by atoms with Gasteiger partial charge in [0.1, 0.15) is 0 Å². The third-order valence-corrected chi connectivity index (χ3v) is 4.56. The van der Waals surface area contributed by atoms with Gasteiger partial charge in [0.25, 0.3) is 5.56 Å². The van der Waals surface area contributed by atoms with Crippen LogP contribution in [0.25, 0.3) is 0 Å². The van der Waals surface area contributed by atoms with Gasteiger partial charge in [-0.3, -0.25) is 4.79 Å². The van der Waals surface area contributed by atoms with Gasteiger partial charge in [-0.15, -0.1) is 0 Å². The first-order valence-corrected chi connectivity index (χ1v) is 9.61. The molecule has 6 heteroatoms. The van der Waals surface area contributed by atoms with E-state index in [9.17, 15) is 4.79 Å². The SMILES string of the molecule is CCNC(=NCc1ccc(Cn2ccccc2=O)cc1)NCC1CCCO1. The summed E-state index contributed by atoms with van der Waals surface area (Å²) < 4.78 is 7.34. The van der Waals surface area contributed by atoms with E-state index < -0.39 is 0 Å². The number of aromatic nitrogens is 1. The predicted octanol–water partition coefficient (Wildman–Crippen LogP) is 2.13. The van der Waals surface area contributed by atoms with Gasteiger partial charge in [0, 0.05) is 32.0 Å². The van der Waals surface area contributed by atoms with Crippen molar-refractivity contribution in [1.29, 1.82) is 0 Å². The molecule has 1 aliphatic rings. The highest BCUT2D eigenvalue weighted by Crippen LogP contribution is 2.10. The lowest BCUT2D eigenvalue weighted by molar-refractivity contribution is 0.114. The summed E-state index contributed by atoms with van der Waals surface area (Å²) in [6.07, 6.45) is 4.34. The second kappa shape index (κ2) is 9.92. The minimum Gasteiger partial charge on any atom is -0.376 e. The van der Waals surface area contributed by atoms with Crippen LogP contribution in [0.15, 0.2) is 58.4 Å². The van der Waals surface area contributed by atoms with E-state index in [1.807, 2.05) is 12.3 Å². The summed E-state index contributed by atoms with van der Waals surface area (Å²) >= 11 is 0. The van der Waals surface area contributed by atoms with Crippen LogP contribution in [0.5, 0.6) is 0 Å². The molecule has 1 aromatic heterocycles. The zero-order valence-corrected chi connectivity index (χ0v) is 15.9. The molecular weight excluding hydrogens is 340 g/mol. The number of rotatable bonds is 7. The Balaban J connectivity index is 1.56. The molecular formula is C21H28N4O2. The zero-order valence-electron chi connectivity index (χ0n) is 15.9. The summed E-state index contributed by atoms with van der Waals surface area (Å²) in [6.45, 7) is 5.71. The van der Waals surface area contributed by atoms with E-state index in [0.29, 0.717) is 13.1 Å². The van der Waals surface area contributed by atoms with Gasteiger partial charge in [-0.05, 0) is 37.0 Å². The number of pyridine rings is 1. The number of nitrogens with zero attached hydrogens (tertiary/aromatic N) is 2. The Morgan fingerprint density at radius 1 is 1.19 bits per heavy atom. The topological polar surface area (TPSA) is 67.7 Å². The molecule has 144 valence electrons. The van der Waals surface area contributed by atoms with Crippen molar-refractivity contribution in [2.45, 2.75) is 39.0 Å². The van der Waals surface area contributed by atoms with E-state index in [1.54, 1.807) is 16.7 Å². The van der Waals surface area contributed by atoms with Crippen molar-refractivity contribution in [3.8, 4) is 0 Å². The average molecular weight is 368 g/mol. The Morgan fingerprint density at radius 3 is 2.70 bits per heavy atom. The molecule has 0 aliphatic carbocycles. The van der Waals surface area contributed by atoms with Crippen molar-refractivity contribution in [3.05, 3.63) is 70.1 Å². The van der Waals surface area contributed by atoms with Gasteiger partial charge in [-0.2, -0.15) is 0 Å². The maximum Gasteiger partial charge on any atom is 0.250 e. The van der Waals surface area contributed by atoms with E-state index in [0.717, 1.165) is 49.6 Å². The summed E-state index contributed by atoms with van der Waals surface area (Å²) in [6, 6.07) is 13.4. The third-order valence-electron chi connectivity index (χ3n) is 4.56. The third kappa shape index (κ3) is 5.96. The van der Waals surface area contributed by atoms with Crippen molar-refractivity contribution >= 4 is 5.96 Å². The molecule has 3 rings (SSSR count). The number of aliphatic imine (C=N–C) groups is 1. The van der Waals surface area contributed by atoms with E-state index >= 15 is 0 Å². The highest BCUT2D eigenvalue weighted by atomic mass is 16.5. The van der Waals surface area contributed by atoms with E-state index in [-0.39, 0.29) is 11.7 Å². The average Bonchev–Trinajstić information content (AvgIpc) is 3.21. The number of benzene rings is 1. The van der Waals surface area contributed by atoms with Gasteiger partial charge in [0.05, 0.1) is 19.2 Å². The van der Waals surface area contributed by atoms with Crippen LogP contribution < -0.4 is 16.2 Å². The van der Waals surface area contributed by atoms with E-state index in [1.165, 1.54) is 0 Å². The van der Waals surface area contributed by atoms with Crippen molar-refractivity contribution in [2.24, 2.45) is 4.99 Å². The van der Waals surface area contributed by atoms with Crippen molar-refractivity contribution in [3.63, 3.8) is 0 Å². The molecule has 1 aromatic carbocycles. The van der Waals surface area contributed by atoms with Gasteiger partial charge in [0.15, 0.2) is 5.96 Å². The Kier molecular flexibility index (Phi) is 7.04. The fraction of sp³-hybridized carbons (Fsp3) is 0.429. The summed E-state index contributed by atoms with van der Waals surface area (Å²) in [5, 5.41) is 6.63. The van der Waals surface area contributed by atoms with Crippen LogP contribution in [-0.4, -0.2) is 36.3 Å². The van der Waals surface area contributed by atoms with Crippen molar-refractivity contribution < 1.29 is 4.74 Å². The first kappa shape index (κ1) is 19.2. The molecule has 0 radical (unpaired) electrons. The number of guanidine groups is 1. The van der Waals surface area contributed by atoms with Gasteiger partial charge in [-0.1, -0.05) is 30.3 Å². The van der Waals surface area contributed by atoms with Gasteiger partial charge in [0.2, 0.25) is 0 Å². The lowest BCUT2D eigenvalue weighted by atomic mass is 10.1. The zero-order chi connectivity index (χ0) is 18.9. The van der Waals surface area contributed by atoms with Crippen molar-refractivity contribution in [2.75, 3.05) is 19.7 Å². The molecule has 2 heterocycles. The Labute approximate surface area is 160 Å².